The van der Waals surface area contributed by atoms with E-state index in [0.717, 1.165) is 11.8 Å². The molecule has 0 radical (unpaired) electrons. The van der Waals surface area contributed by atoms with Crippen LogP contribution in [0.4, 0.5) is 5.82 Å². The molecule has 2 aliphatic rings. The molecular formula is C16H25N3O. The van der Waals surface area contributed by atoms with Crippen molar-refractivity contribution in [1.29, 1.82) is 0 Å². The highest BCUT2D eigenvalue weighted by molar-refractivity contribution is 5.32. The molecule has 1 heterocycles. The second kappa shape index (κ2) is 5.23. The van der Waals surface area contributed by atoms with Crippen molar-refractivity contribution in [3.63, 3.8) is 0 Å². The fourth-order valence-electron chi connectivity index (χ4n) is 4.16. The Balaban J connectivity index is 1.75. The van der Waals surface area contributed by atoms with E-state index in [0.29, 0.717) is 17.8 Å². The first-order valence-corrected chi connectivity index (χ1v) is 7.90. The van der Waals surface area contributed by atoms with Crippen LogP contribution in [0.15, 0.2) is 17.2 Å². The van der Waals surface area contributed by atoms with Crippen LogP contribution in [0, 0.1) is 17.8 Å². The second-order valence-corrected chi connectivity index (χ2v) is 6.85. The first kappa shape index (κ1) is 13.7. The van der Waals surface area contributed by atoms with E-state index in [1.807, 2.05) is 13.8 Å². The van der Waals surface area contributed by atoms with Gasteiger partial charge in [0.1, 0.15) is 0 Å². The molecule has 0 spiro atoms. The summed E-state index contributed by atoms with van der Waals surface area (Å²) in [6.45, 7) is 6.24. The number of anilines is 1. The van der Waals surface area contributed by atoms with Gasteiger partial charge in [0.2, 0.25) is 0 Å². The van der Waals surface area contributed by atoms with Crippen LogP contribution in [0.5, 0.6) is 0 Å². The van der Waals surface area contributed by atoms with E-state index in [9.17, 15) is 4.79 Å². The molecule has 4 unspecified atom stereocenters. The quantitative estimate of drug-likeness (QED) is 0.918. The molecule has 1 aromatic rings. The Bertz CT molecular complexity index is 537. The summed E-state index contributed by atoms with van der Waals surface area (Å²) in [5, 5.41) is 3.39. The Morgan fingerprint density at radius 2 is 2.10 bits per heavy atom. The summed E-state index contributed by atoms with van der Waals surface area (Å²) in [4.78, 5) is 16.6. The van der Waals surface area contributed by atoms with E-state index in [4.69, 9.17) is 0 Å². The van der Waals surface area contributed by atoms with E-state index >= 15 is 0 Å². The molecule has 2 fully saturated rings. The molecule has 20 heavy (non-hydrogen) atoms. The molecule has 3 rings (SSSR count). The van der Waals surface area contributed by atoms with Crippen LogP contribution < -0.4 is 10.9 Å². The molecule has 4 atom stereocenters. The largest absolute Gasteiger partial charge is 0.363 e. The lowest BCUT2D eigenvalue weighted by Gasteiger charge is -2.28. The van der Waals surface area contributed by atoms with Gasteiger partial charge in [-0.1, -0.05) is 6.42 Å². The average molecular weight is 275 g/mol. The third kappa shape index (κ3) is 2.36. The van der Waals surface area contributed by atoms with E-state index in [1.165, 1.54) is 25.7 Å². The lowest BCUT2D eigenvalue weighted by Crippen LogP contribution is -2.34. The molecular weight excluding hydrogens is 250 g/mol. The Hall–Kier alpha value is -1.32. The van der Waals surface area contributed by atoms with E-state index in [1.54, 1.807) is 17.0 Å². The predicted octanol–water partition coefficient (Wildman–Crippen LogP) is 3.06. The first-order valence-electron chi connectivity index (χ1n) is 7.90. The third-order valence-electron chi connectivity index (χ3n) is 5.22. The standard InChI is InChI=1S/C16H25N3O/c1-10(2)19-7-6-17-15(16(19)20)18-11(3)14-9-12-4-5-13(14)8-12/h6-7,10-14H,4-5,8-9H2,1-3H3,(H,17,18). The highest BCUT2D eigenvalue weighted by atomic mass is 16.1. The van der Waals surface area contributed by atoms with Crippen LogP contribution in [0.3, 0.4) is 0 Å². The van der Waals surface area contributed by atoms with E-state index in [-0.39, 0.29) is 11.6 Å². The Morgan fingerprint density at radius 1 is 1.30 bits per heavy atom. The fourth-order valence-corrected chi connectivity index (χ4v) is 4.16. The van der Waals surface area contributed by atoms with Gasteiger partial charge < -0.3 is 9.88 Å². The zero-order chi connectivity index (χ0) is 14.3. The van der Waals surface area contributed by atoms with Crippen LogP contribution in [-0.4, -0.2) is 15.6 Å². The number of nitrogens with zero attached hydrogens (tertiary/aromatic N) is 2. The maximum Gasteiger partial charge on any atom is 0.293 e. The molecule has 2 saturated carbocycles. The number of rotatable bonds is 4. The molecule has 2 aliphatic carbocycles. The van der Waals surface area contributed by atoms with Crippen molar-refractivity contribution in [2.24, 2.45) is 17.8 Å². The number of aromatic nitrogens is 2. The fraction of sp³-hybridized carbons (Fsp3) is 0.750. The summed E-state index contributed by atoms with van der Waals surface area (Å²) in [5.41, 5.74) is -0.00231. The third-order valence-corrected chi connectivity index (χ3v) is 5.22. The number of fused-ring (bicyclic) bond motifs is 2. The zero-order valence-corrected chi connectivity index (χ0v) is 12.7. The summed E-state index contributed by atoms with van der Waals surface area (Å²) in [7, 11) is 0. The minimum atomic E-state index is -0.00231. The van der Waals surface area contributed by atoms with Gasteiger partial charge in [0.15, 0.2) is 5.82 Å². The molecule has 1 N–H and O–H groups in total. The van der Waals surface area contributed by atoms with Gasteiger partial charge in [-0.3, -0.25) is 4.79 Å². The second-order valence-electron chi connectivity index (χ2n) is 6.85. The number of hydrogen-bond acceptors (Lipinski definition) is 3. The smallest absolute Gasteiger partial charge is 0.293 e. The predicted molar refractivity (Wildman–Crippen MR) is 80.9 cm³/mol. The summed E-state index contributed by atoms with van der Waals surface area (Å²) in [6.07, 6.45) is 8.99. The highest BCUT2D eigenvalue weighted by Crippen LogP contribution is 2.49. The summed E-state index contributed by atoms with van der Waals surface area (Å²) in [6, 6.07) is 0.511. The number of nitrogens with one attached hydrogen (secondary N) is 1. The van der Waals surface area contributed by atoms with Crippen molar-refractivity contribution < 1.29 is 0 Å². The minimum Gasteiger partial charge on any atom is -0.363 e. The van der Waals surface area contributed by atoms with Gasteiger partial charge >= 0.3 is 0 Å². The van der Waals surface area contributed by atoms with Gasteiger partial charge in [-0.2, -0.15) is 0 Å². The molecule has 0 aliphatic heterocycles. The van der Waals surface area contributed by atoms with Crippen molar-refractivity contribution in [3.05, 3.63) is 22.7 Å². The molecule has 4 nitrogen and oxygen atoms in total. The van der Waals surface area contributed by atoms with Crippen LogP contribution in [0.25, 0.3) is 0 Å². The van der Waals surface area contributed by atoms with Gasteiger partial charge in [-0.25, -0.2) is 4.98 Å². The van der Waals surface area contributed by atoms with Crippen molar-refractivity contribution in [1.82, 2.24) is 9.55 Å². The van der Waals surface area contributed by atoms with Crippen molar-refractivity contribution in [2.75, 3.05) is 5.32 Å². The highest BCUT2D eigenvalue weighted by Gasteiger charge is 2.41. The van der Waals surface area contributed by atoms with Crippen LogP contribution >= 0.6 is 0 Å². The molecule has 0 amide bonds. The van der Waals surface area contributed by atoms with Gasteiger partial charge in [0, 0.05) is 24.5 Å². The molecule has 2 bridgehead atoms. The van der Waals surface area contributed by atoms with Gasteiger partial charge in [-0.05, 0) is 57.8 Å². The van der Waals surface area contributed by atoms with Crippen LogP contribution in [0.1, 0.15) is 52.5 Å². The normalized spacial score (nSPS) is 29.9. The van der Waals surface area contributed by atoms with Crippen molar-refractivity contribution >= 4 is 5.82 Å². The average Bonchev–Trinajstić information content (AvgIpc) is 3.03. The summed E-state index contributed by atoms with van der Waals surface area (Å²) >= 11 is 0. The van der Waals surface area contributed by atoms with Crippen LogP contribution in [-0.2, 0) is 0 Å². The lowest BCUT2D eigenvalue weighted by atomic mass is 9.84. The zero-order valence-electron chi connectivity index (χ0n) is 12.7. The summed E-state index contributed by atoms with van der Waals surface area (Å²) in [5.74, 6) is 3.02. The molecule has 110 valence electrons. The van der Waals surface area contributed by atoms with Gasteiger partial charge in [-0.15, -0.1) is 0 Å². The van der Waals surface area contributed by atoms with Gasteiger partial charge in [0.25, 0.3) is 5.56 Å². The van der Waals surface area contributed by atoms with Gasteiger partial charge in [0.05, 0.1) is 0 Å². The Kier molecular flexibility index (Phi) is 3.57. The van der Waals surface area contributed by atoms with Crippen molar-refractivity contribution in [2.45, 2.75) is 58.5 Å². The topological polar surface area (TPSA) is 46.9 Å². The number of hydrogen-bond donors (Lipinski definition) is 1. The molecule has 4 heteroatoms. The minimum absolute atomic E-state index is 0.00231. The Labute approximate surface area is 120 Å². The molecule has 0 saturated heterocycles. The summed E-state index contributed by atoms with van der Waals surface area (Å²) < 4.78 is 1.74. The lowest BCUT2D eigenvalue weighted by molar-refractivity contribution is 0.303. The Morgan fingerprint density at radius 3 is 2.70 bits per heavy atom. The van der Waals surface area contributed by atoms with Crippen molar-refractivity contribution in [3.8, 4) is 0 Å². The SMILES string of the molecule is CC(Nc1nccn(C(C)C)c1=O)C1CC2CCC1C2. The van der Waals surface area contributed by atoms with Crippen LogP contribution in [0.2, 0.25) is 0 Å². The van der Waals surface area contributed by atoms with E-state index in [2.05, 4.69) is 17.2 Å². The maximum absolute atomic E-state index is 12.4. The molecule has 0 aromatic carbocycles. The monoisotopic (exact) mass is 275 g/mol. The van der Waals surface area contributed by atoms with E-state index < -0.39 is 0 Å². The molecule has 1 aromatic heterocycles. The first-order chi connectivity index (χ1) is 9.56. The maximum atomic E-state index is 12.4.